The predicted octanol–water partition coefficient (Wildman–Crippen LogP) is 1.79. The summed E-state index contributed by atoms with van der Waals surface area (Å²) in [6.45, 7) is 12.5. The second-order valence-electron chi connectivity index (χ2n) is 14.9. The van der Waals surface area contributed by atoms with Crippen LogP contribution in [0.4, 0.5) is 0 Å². The quantitative estimate of drug-likeness (QED) is 0.121. The summed E-state index contributed by atoms with van der Waals surface area (Å²) < 4.78 is 17.7. The van der Waals surface area contributed by atoms with Gasteiger partial charge in [0.1, 0.15) is 6.10 Å². The van der Waals surface area contributed by atoms with Crippen molar-refractivity contribution in [1.29, 1.82) is 0 Å². The van der Waals surface area contributed by atoms with Gasteiger partial charge in [-0.25, -0.2) is 10.3 Å². The zero-order valence-electron chi connectivity index (χ0n) is 27.8. The molecular weight excluding hydrogens is 593 g/mol. The lowest BCUT2D eigenvalue weighted by Gasteiger charge is -2.68. The summed E-state index contributed by atoms with van der Waals surface area (Å²) in [5.74, 6) is -3.98. The SMILES string of the molecule is CC(=O)O[C@H]1C(=O)[C@@]2(C)[C@H]([C@H](C)[C@]3(O)C[C@H](OC(=O)[C@H](O)[C@@H](BCNO)c4ccccc4)C(C)=C1C3(C)C)[C@]1(C)CO[C@@H]1C[C@@H]2O. The summed E-state index contributed by atoms with van der Waals surface area (Å²) in [5.41, 5.74) is -1.16. The first kappa shape index (κ1) is 34.7. The van der Waals surface area contributed by atoms with E-state index < -0.39 is 81.6 Å². The van der Waals surface area contributed by atoms with Crippen LogP contribution in [0.25, 0.3) is 0 Å². The molecule has 0 spiro atoms. The maximum atomic E-state index is 14.8. The molecule has 252 valence electrons. The van der Waals surface area contributed by atoms with Gasteiger partial charge in [0.15, 0.2) is 25.3 Å². The maximum absolute atomic E-state index is 14.8. The minimum absolute atomic E-state index is 0.0472. The zero-order valence-corrected chi connectivity index (χ0v) is 27.8. The molecule has 4 aliphatic rings. The summed E-state index contributed by atoms with van der Waals surface area (Å²) in [6, 6.07) is 8.95. The standard InChI is InChI=1S/C34H48BNO10/c1-17-21(46-30(41)26(39)25(35-16-36-43)20-11-9-8-10-12-20)14-34(42)18(2)28-32(6)15-44-23(32)13-22(38)33(28,7)29(40)27(45-19(3)37)24(17)31(34,4)5/h8-12,18,21-23,25-28,35-36,38-39,42-43H,13-16H2,1-7H3/t18-,21-,22-,23+,25-,26+,27+,28+,32+,33+,34+/m0/s1. The second-order valence-corrected chi connectivity index (χ2v) is 14.9. The van der Waals surface area contributed by atoms with E-state index in [2.05, 4.69) is 5.48 Å². The number of benzene rings is 1. The van der Waals surface area contributed by atoms with Crippen LogP contribution in [0.3, 0.4) is 0 Å². The van der Waals surface area contributed by atoms with E-state index in [0.29, 0.717) is 23.3 Å². The molecule has 1 heterocycles. The molecule has 3 fully saturated rings. The smallest absolute Gasteiger partial charge is 0.335 e. The normalized spacial score (nSPS) is 39.4. The fourth-order valence-electron chi connectivity index (χ4n) is 9.62. The summed E-state index contributed by atoms with van der Waals surface area (Å²) >= 11 is 0. The number of rotatable bonds is 8. The first-order chi connectivity index (χ1) is 21.5. The van der Waals surface area contributed by atoms with Crippen LogP contribution < -0.4 is 5.48 Å². The molecule has 1 aromatic rings. The molecule has 11 nitrogen and oxygen atoms in total. The van der Waals surface area contributed by atoms with Crippen molar-refractivity contribution in [2.24, 2.45) is 28.1 Å². The number of ether oxygens (including phenoxy) is 3. The Morgan fingerprint density at radius 3 is 2.37 bits per heavy atom. The van der Waals surface area contributed by atoms with E-state index in [1.165, 1.54) is 6.92 Å². The van der Waals surface area contributed by atoms with Crippen molar-refractivity contribution >= 4 is 25.0 Å². The lowest BCUT2D eigenvalue weighted by molar-refractivity contribution is -0.302. The first-order valence-electron chi connectivity index (χ1n) is 16.2. The first-order valence-corrected chi connectivity index (χ1v) is 16.2. The molecule has 0 aromatic heterocycles. The molecule has 0 radical (unpaired) electrons. The number of aliphatic hydroxyl groups is 3. The lowest BCUT2D eigenvalue weighted by atomic mass is 9.40. The van der Waals surface area contributed by atoms with Gasteiger partial charge in [-0.3, -0.25) is 9.59 Å². The van der Waals surface area contributed by atoms with E-state index in [1.807, 2.05) is 33.8 Å². The Labute approximate surface area is 270 Å². The third kappa shape index (κ3) is 5.07. The molecule has 0 unspecified atom stereocenters. The molecule has 0 amide bonds. The highest BCUT2D eigenvalue weighted by molar-refractivity contribution is 6.39. The highest BCUT2D eigenvalue weighted by Gasteiger charge is 2.73. The van der Waals surface area contributed by atoms with Gasteiger partial charge in [-0.2, -0.15) is 0 Å². The van der Waals surface area contributed by atoms with E-state index >= 15 is 0 Å². The van der Waals surface area contributed by atoms with E-state index in [4.69, 9.17) is 14.2 Å². The highest BCUT2D eigenvalue weighted by Crippen LogP contribution is 2.67. The number of esters is 2. The number of aliphatic hydroxyl groups excluding tert-OH is 2. The van der Waals surface area contributed by atoms with E-state index in [1.54, 1.807) is 38.1 Å². The highest BCUT2D eigenvalue weighted by atomic mass is 16.6. The Balaban J connectivity index is 1.61. The monoisotopic (exact) mass is 641 g/mol. The molecule has 1 saturated heterocycles. The molecule has 46 heavy (non-hydrogen) atoms. The van der Waals surface area contributed by atoms with Gasteiger partial charge in [0.2, 0.25) is 0 Å². The Kier molecular flexibility index (Phi) is 9.15. The van der Waals surface area contributed by atoms with E-state index in [9.17, 15) is 34.9 Å². The molecule has 1 aliphatic heterocycles. The Bertz CT molecular complexity index is 1400. The third-order valence-electron chi connectivity index (χ3n) is 12.2. The zero-order chi connectivity index (χ0) is 34.0. The Morgan fingerprint density at radius 2 is 1.80 bits per heavy atom. The topological polar surface area (TPSA) is 172 Å². The van der Waals surface area contributed by atoms with Gasteiger partial charge in [0, 0.05) is 30.6 Å². The number of hydrogen-bond acceptors (Lipinski definition) is 11. The van der Waals surface area contributed by atoms with Gasteiger partial charge in [-0.15, -0.1) is 0 Å². The fraction of sp³-hybridized carbons (Fsp3) is 0.676. The molecule has 3 aliphatic carbocycles. The molecule has 2 saturated carbocycles. The second kappa shape index (κ2) is 12.1. The fourth-order valence-corrected chi connectivity index (χ4v) is 9.62. The van der Waals surface area contributed by atoms with Crippen LogP contribution in [-0.2, 0) is 28.6 Å². The van der Waals surface area contributed by atoms with Gasteiger partial charge < -0.3 is 34.7 Å². The maximum Gasteiger partial charge on any atom is 0.335 e. The van der Waals surface area contributed by atoms with Crippen LogP contribution in [-0.4, -0.2) is 94.7 Å². The van der Waals surface area contributed by atoms with E-state index in [0.717, 1.165) is 0 Å². The van der Waals surface area contributed by atoms with Crippen LogP contribution in [0.5, 0.6) is 0 Å². The van der Waals surface area contributed by atoms with Crippen LogP contribution in [0, 0.1) is 28.1 Å². The number of nitrogens with one attached hydrogen (secondary N) is 1. The number of hydrogen-bond donors (Lipinski definition) is 5. The van der Waals surface area contributed by atoms with Crippen molar-refractivity contribution < 1.29 is 49.1 Å². The van der Waals surface area contributed by atoms with Gasteiger partial charge in [0.05, 0.1) is 29.8 Å². The molecule has 5 rings (SSSR count). The Morgan fingerprint density at radius 1 is 1.15 bits per heavy atom. The molecule has 1 aromatic carbocycles. The third-order valence-corrected chi connectivity index (χ3v) is 12.2. The van der Waals surface area contributed by atoms with Gasteiger partial charge in [-0.1, -0.05) is 58.0 Å². The summed E-state index contributed by atoms with van der Waals surface area (Å²) in [7, 11) is 0.225. The number of ketones is 1. The van der Waals surface area contributed by atoms with Crippen molar-refractivity contribution in [1.82, 2.24) is 5.48 Å². The Hall–Kier alpha value is -2.61. The van der Waals surface area contributed by atoms with Crippen molar-refractivity contribution in [3.05, 3.63) is 47.0 Å². The molecule has 11 atom stereocenters. The summed E-state index contributed by atoms with van der Waals surface area (Å²) in [6.07, 6.45) is -5.23. The number of carbonyl (C=O) groups excluding carboxylic acids is 3. The predicted molar refractivity (Wildman–Crippen MR) is 168 cm³/mol. The van der Waals surface area contributed by atoms with Crippen LogP contribution >= 0.6 is 0 Å². The van der Waals surface area contributed by atoms with Gasteiger partial charge in [0.25, 0.3) is 0 Å². The average molecular weight is 642 g/mol. The van der Waals surface area contributed by atoms with Crippen LogP contribution in [0.15, 0.2) is 41.5 Å². The molecular formula is C34H48BNO10. The minimum Gasteiger partial charge on any atom is -0.456 e. The van der Waals surface area contributed by atoms with Crippen molar-refractivity contribution in [3.63, 3.8) is 0 Å². The largest absolute Gasteiger partial charge is 0.456 e. The van der Waals surface area contributed by atoms with Crippen LogP contribution in [0.2, 0.25) is 0 Å². The van der Waals surface area contributed by atoms with Crippen molar-refractivity contribution in [2.45, 2.75) is 103 Å². The summed E-state index contributed by atoms with van der Waals surface area (Å²) in [4.78, 5) is 41.1. The van der Waals surface area contributed by atoms with Crippen LogP contribution in [0.1, 0.15) is 72.7 Å². The lowest BCUT2D eigenvalue weighted by Crippen LogP contribution is -2.75. The molecule has 5 N–H and O–H groups in total. The van der Waals surface area contributed by atoms with Crippen molar-refractivity contribution in [2.75, 3.05) is 13.1 Å². The van der Waals surface area contributed by atoms with E-state index in [-0.39, 0.29) is 32.7 Å². The molecule has 2 bridgehead atoms. The number of fused-ring (bicyclic) bond motifs is 5. The molecule has 12 heteroatoms. The summed E-state index contributed by atoms with van der Waals surface area (Å²) in [5, 5.41) is 45.1. The average Bonchev–Trinajstić information content (AvgIpc) is 3.00. The van der Waals surface area contributed by atoms with Crippen molar-refractivity contribution in [3.8, 4) is 0 Å². The number of hydroxylamine groups is 1. The van der Waals surface area contributed by atoms with Gasteiger partial charge in [-0.05, 0) is 54.7 Å². The number of Topliss-reactive ketones (excluding diaryl/α,β-unsaturated/α-hetero) is 1. The van der Waals surface area contributed by atoms with Gasteiger partial charge >= 0.3 is 11.9 Å². The minimum atomic E-state index is -1.61. The number of carbonyl (C=O) groups is 3.